The van der Waals surface area contributed by atoms with Gasteiger partial charge in [-0.15, -0.1) is 0 Å². The summed E-state index contributed by atoms with van der Waals surface area (Å²) in [4.78, 5) is 9.10. The first-order valence-corrected chi connectivity index (χ1v) is 8.69. The Morgan fingerprint density at radius 3 is 2.84 bits per heavy atom. The van der Waals surface area contributed by atoms with E-state index < -0.39 is 0 Å². The molecule has 0 radical (unpaired) electrons. The number of aliphatic hydroxyl groups is 1. The highest BCUT2D eigenvalue weighted by Crippen LogP contribution is 2.13. The Morgan fingerprint density at radius 2 is 2.16 bits per heavy atom. The molecule has 2 N–H and O–H groups in total. The van der Waals surface area contributed by atoms with E-state index in [4.69, 9.17) is 0 Å². The smallest absolute Gasteiger partial charge is 0.161 e. The molecule has 1 atom stereocenters. The molecule has 2 aromatic heterocycles. The molecule has 0 aliphatic carbocycles. The quantitative estimate of drug-likeness (QED) is 0.586. The summed E-state index contributed by atoms with van der Waals surface area (Å²) in [5.41, 5.74) is 5.89. The molecule has 5 nitrogen and oxygen atoms in total. The molecule has 0 aliphatic rings. The molecule has 0 spiro atoms. The van der Waals surface area contributed by atoms with E-state index in [9.17, 15) is 5.11 Å². The Balaban J connectivity index is 2.06. The summed E-state index contributed by atoms with van der Waals surface area (Å²) < 4.78 is 2.02. The van der Waals surface area contributed by atoms with E-state index >= 15 is 0 Å². The third kappa shape index (κ3) is 4.79. The maximum atomic E-state index is 9.20. The molecule has 2 aromatic rings. The molecule has 0 bridgehead atoms. The minimum absolute atomic E-state index is 0.175. The molecule has 2 heterocycles. The van der Waals surface area contributed by atoms with Crippen molar-refractivity contribution in [1.29, 1.82) is 0 Å². The third-order valence-corrected chi connectivity index (χ3v) is 4.12. The van der Waals surface area contributed by atoms with Crippen molar-refractivity contribution < 1.29 is 5.11 Å². The van der Waals surface area contributed by atoms with Crippen LogP contribution >= 0.6 is 0 Å². The maximum Gasteiger partial charge on any atom is 0.161 e. The van der Waals surface area contributed by atoms with Crippen LogP contribution in [0, 0.1) is 13.8 Å². The predicted molar refractivity (Wildman–Crippen MR) is 103 cm³/mol. The number of aryl methyl sites for hydroxylation is 2. The van der Waals surface area contributed by atoms with E-state index in [1.165, 1.54) is 0 Å². The largest absolute Gasteiger partial charge is 0.515 e. The highest BCUT2D eigenvalue weighted by molar-refractivity contribution is 5.46. The van der Waals surface area contributed by atoms with Gasteiger partial charge in [0.15, 0.2) is 5.65 Å². The molecule has 0 fully saturated rings. The molecule has 0 amide bonds. The van der Waals surface area contributed by atoms with Crippen LogP contribution in [0.4, 0.5) is 0 Å². The second kappa shape index (κ2) is 8.62. The molecule has 25 heavy (non-hydrogen) atoms. The van der Waals surface area contributed by atoms with Crippen LogP contribution in [0.2, 0.25) is 0 Å². The number of nitrogens with zero attached hydrogens (tertiary/aromatic N) is 3. The number of hydrogen-bond acceptors (Lipinski definition) is 4. The molecule has 0 aromatic carbocycles. The van der Waals surface area contributed by atoms with Crippen LogP contribution in [-0.4, -0.2) is 25.5 Å². The number of aromatic nitrogens is 3. The standard InChI is InChI=1S/C20H28N4O/c1-6-7-18(14(2)12-25)9-8-15(3)21-11-19-20-23-16(4)10-17(5)24(20)13-22-19/h7-10,12-13,15,21,25H,6,11H2,1-5H3/b9-8-,14-12+,18-7+. The van der Waals surface area contributed by atoms with Crippen molar-refractivity contribution >= 4 is 5.65 Å². The van der Waals surface area contributed by atoms with Crippen molar-refractivity contribution in [2.75, 3.05) is 0 Å². The molecule has 0 saturated carbocycles. The van der Waals surface area contributed by atoms with Crippen LogP contribution in [0.3, 0.4) is 0 Å². The maximum absolute atomic E-state index is 9.20. The molecular formula is C20H28N4O. The zero-order valence-electron chi connectivity index (χ0n) is 15.7. The monoisotopic (exact) mass is 340 g/mol. The summed E-state index contributed by atoms with van der Waals surface area (Å²) in [5, 5.41) is 12.7. The topological polar surface area (TPSA) is 62.5 Å². The number of fused-ring (bicyclic) bond motifs is 1. The fourth-order valence-corrected chi connectivity index (χ4v) is 2.68. The molecule has 134 valence electrons. The highest BCUT2D eigenvalue weighted by Gasteiger charge is 2.09. The van der Waals surface area contributed by atoms with Crippen molar-refractivity contribution in [1.82, 2.24) is 19.7 Å². The van der Waals surface area contributed by atoms with Crippen molar-refractivity contribution in [3.05, 3.63) is 65.1 Å². The van der Waals surface area contributed by atoms with E-state index in [2.05, 4.69) is 54.3 Å². The Bertz CT molecular complexity index is 814. The summed E-state index contributed by atoms with van der Waals surface area (Å²) in [5.74, 6) is 0. The average molecular weight is 340 g/mol. The van der Waals surface area contributed by atoms with Crippen LogP contribution < -0.4 is 5.32 Å². The van der Waals surface area contributed by atoms with Crippen LogP contribution in [-0.2, 0) is 6.54 Å². The molecule has 0 aliphatic heterocycles. The Hall–Kier alpha value is -2.40. The average Bonchev–Trinajstić information content (AvgIpc) is 2.99. The molecular weight excluding hydrogens is 312 g/mol. The van der Waals surface area contributed by atoms with Gasteiger partial charge in [0.1, 0.15) is 6.33 Å². The number of rotatable bonds is 7. The van der Waals surface area contributed by atoms with Gasteiger partial charge in [0, 0.05) is 24.0 Å². The Labute approximate surface area is 149 Å². The number of allylic oxidation sites excluding steroid dienone is 4. The van der Waals surface area contributed by atoms with Crippen LogP contribution in [0.5, 0.6) is 0 Å². The first-order valence-electron chi connectivity index (χ1n) is 8.69. The lowest BCUT2D eigenvalue weighted by Gasteiger charge is -2.09. The van der Waals surface area contributed by atoms with Gasteiger partial charge in [-0.3, -0.25) is 4.40 Å². The molecule has 2 rings (SSSR count). The fourth-order valence-electron chi connectivity index (χ4n) is 2.68. The van der Waals surface area contributed by atoms with Crippen molar-refractivity contribution in [3.8, 4) is 0 Å². The SMILES string of the molecule is CC/C=C(\C=C/C(C)NCc1ncn2c(C)cc(C)nc12)C(/C)=C/O. The van der Waals surface area contributed by atoms with Gasteiger partial charge in [0.05, 0.1) is 12.0 Å². The fraction of sp³-hybridized carbons (Fsp3) is 0.400. The van der Waals surface area contributed by atoms with Crippen molar-refractivity contribution in [3.63, 3.8) is 0 Å². The van der Waals surface area contributed by atoms with Gasteiger partial charge >= 0.3 is 0 Å². The van der Waals surface area contributed by atoms with Gasteiger partial charge in [0.25, 0.3) is 0 Å². The lowest BCUT2D eigenvalue weighted by Crippen LogP contribution is -2.23. The number of aliphatic hydroxyl groups excluding tert-OH is 1. The second-order valence-corrected chi connectivity index (χ2v) is 6.33. The van der Waals surface area contributed by atoms with Gasteiger partial charge in [-0.05, 0) is 51.3 Å². The Kier molecular flexibility index (Phi) is 6.53. The second-order valence-electron chi connectivity index (χ2n) is 6.33. The van der Waals surface area contributed by atoms with Gasteiger partial charge in [0.2, 0.25) is 0 Å². The van der Waals surface area contributed by atoms with E-state index in [0.29, 0.717) is 6.54 Å². The summed E-state index contributed by atoms with van der Waals surface area (Å²) in [6, 6.07) is 2.23. The molecule has 0 saturated heterocycles. The zero-order chi connectivity index (χ0) is 18.4. The first kappa shape index (κ1) is 18.9. The number of nitrogens with one attached hydrogen (secondary N) is 1. The van der Waals surface area contributed by atoms with Gasteiger partial charge in [-0.25, -0.2) is 9.97 Å². The van der Waals surface area contributed by atoms with Gasteiger partial charge < -0.3 is 10.4 Å². The van der Waals surface area contributed by atoms with E-state index in [0.717, 1.165) is 46.6 Å². The molecule has 5 heteroatoms. The number of imidazole rings is 1. The van der Waals surface area contributed by atoms with Crippen LogP contribution in [0.25, 0.3) is 5.65 Å². The zero-order valence-corrected chi connectivity index (χ0v) is 15.7. The predicted octanol–water partition coefficient (Wildman–Crippen LogP) is 4.18. The summed E-state index contributed by atoms with van der Waals surface area (Å²) >= 11 is 0. The summed E-state index contributed by atoms with van der Waals surface area (Å²) in [6.45, 7) is 10.8. The lowest BCUT2D eigenvalue weighted by atomic mass is 10.1. The Morgan fingerprint density at radius 1 is 1.40 bits per heavy atom. The van der Waals surface area contributed by atoms with E-state index in [-0.39, 0.29) is 6.04 Å². The normalized spacial score (nSPS) is 14.6. The van der Waals surface area contributed by atoms with Gasteiger partial charge in [-0.1, -0.05) is 25.2 Å². The number of hydrogen-bond donors (Lipinski definition) is 2. The van der Waals surface area contributed by atoms with Gasteiger partial charge in [-0.2, -0.15) is 0 Å². The van der Waals surface area contributed by atoms with E-state index in [1.807, 2.05) is 30.7 Å². The minimum Gasteiger partial charge on any atom is -0.515 e. The van der Waals surface area contributed by atoms with Crippen molar-refractivity contribution in [2.24, 2.45) is 0 Å². The minimum atomic E-state index is 0.175. The first-order chi connectivity index (χ1) is 12.0. The van der Waals surface area contributed by atoms with Crippen molar-refractivity contribution in [2.45, 2.75) is 53.6 Å². The molecule has 1 unspecified atom stereocenters. The summed E-state index contributed by atoms with van der Waals surface area (Å²) in [6.07, 6.45) is 10.1. The summed E-state index contributed by atoms with van der Waals surface area (Å²) in [7, 11) is 0. The van der Waals surface area contributed by atoms with E-state index in [1.54, 1.807) is 0 Å². The third-order valence-electron chi connectivity index (χ3n) is 4.12. The van der Waals surface area contributed by atoms with Crippen LogP contribution in [0.1, 0.15) is 44.3 Å². The van der Waals surface area contributed by atoms with Crippen LogP contribution in [0.15, 0.2) is 48.0 Å². The lowest BCUT2D eigenvalue weighted by molar-refractivity contribution is 0.468. The highest BCUT2D eigenvalue weighted by atomic mass is 16.2.